The van der Waals surface area contributed by atoms with Crippen LogP contribution in [0, 0.1) is 0 Å². The van der Waals surface area contributed by atoms with Crippen molar-refractivity contribution < 1.29 is 0 Å². The minimum atomic E-state index is 0.479. The van der Waals surface area contributed by atoms with Crippen LogP contribution < -0.4 is 10.6 Å². The van der Waals surface area contributed by atoms with E-state index in [2.05, 4.69) is 14.9 Å². The van der Waals surface area contributed by atoms with Crippen LogP contribution in [0.25, 0.3) is 0 Å². The van der Waals surface area contributed by atoms with Crippen molar-refractivity contribution in [3.63, 3.8) is 0 Å². The highest BCUT2D eigenvalue weighted by atomic mass is 15.2. The highest BCUT2D eigenvalue weighted by molar-refractivity contribution is 5.51. The zero-order valence-corrected chi connectivity index (χ0v) is 10.9. The molecule has 0 saturated carbocycles. The van der Waals surface area contributed by atoms with E-state index < -0.39 is 0 Å². The van der Waals surface area contributed by atoms with Crippen LogP contribution in [0.1, 0.15) is 43.4 Å². The van der Waals surface area contributed by atoms with Crippen molar-refractivity contribution in [2.45, 2.75) is 51.0 Å². The van der Waals surface area contributed by atoms with Gasteiger partial charge in [-0.15, -0.1) is 0 Å². The van der Waals surface area contributed by atoms with E-state index >= 15 is 0 Å². The lowest BCUT2D eigenvalue weighted by Gasteiger charge is -2.27. The van der Waals surface area contributed by atoms with Gasteiger partial charge in [0.25, 0.3) is 0 Å². The number of hydrogen-bond acceptors (Lipinski definition) is 4. The Kier molecular flexibility index (Phi) is 3.46. The van der Waals surface area contributed by atoms with Gasteiger partial charge in [0.1, 0.15) is 12.1 Å². The molecule has 2 aliphatic rings. The van der Waals surface area contributed by atoms with E-state index in [1.54, 1.807) is 6.33 Å². The van der Waals surface area contributed by atoms with Gasteiger partial charge in [-0.05, 0) is 38.5 Å². The van der Waals surface area contributed by atoms with Crippen LogP contribution in [0.15, 0.2) is 6.33 Å². The van der Waals surface area contributed by atoms with Crippen LogP contribution in [0.5, 0.6) is 0 Å². The number of anilines is 1. The molecule has 2 heterocycles. The van der Waals surface area contributed by atoms with Crippen LogP contribution in [-0.2, 0) is 12.8 Å². The molecule has 2 N–H and O–H groups in total. The minimum Gasteiger partial charge on any atom is -0.352 e. The highest BCUT2D eigenvalue weighted by Crippen LogP contribution is 2.30. The summed E-state index contributed by atoms with van der Waals surface area (Å²) < 4.78 is 0. The molecular weight excluding hydrogens is 224 g/mol. The summed E-state index contributed by atoms with van der Waals surface area (Å²) in [5.74, 6) is 1.18. The Bertz CT molecular complexity index is 418. The van der Waals surface area contributed by atoms with Crippen molar-refractivity contribution in [3.05, 3.63) is 17.6 Å². The number of hydrogen-bond donors (Lipinski definition) is 1. The van der Waals surface area contributed by atoms with Gasteiger partial charge in [0, 0.05) is 30.4 Å². The number of aromatic nitrogens is 2. The second kappa shape index (κ2) is 5.22. The molecule has 0 spiro atoms. The van der Waals surface area contributed by atoms with Gasteiger partial charge >= 0.3 is 0 Å². The van der Waals surface area contributed by atoms with Gasteiger partial charge in [-0.1, -0.05) is 6.42 Å². The van der Waals surface area contributed by atoms with Gasteiger partial charge in [0.2, 0.25) is 0 Å². The summed E-state index contributed by atoms with van der Waals surface area (Å²) in [6.45, 7) is 1.84. The fourth-order valence-corrected chi connectivity index (χ4v) is 3.29. The molecule has 1 atom stereocenters. The topological polar surface area (TPSA) is 55.0 Å². The summed E-state index contributed by atoms with van der Waals surface area (Å²) in [5.41, 5.74) is 8.56. The summed E-state index contributed by atoms with van der Waals surface area (Å²) >= 11 is 0. The van der Waals surface area contributed by atoms with E-state index in [0.717, 1.165) is 25.9 Å². The molecule has 3 rings (SSSR count). The highest BCUT2D eigenvalue weighted by Gasteiger charge is 2.27. The molecule has 0 bridgehead atoms. The fraction of sp³-hybridized carbons (Fsp3) is 0.714. The Morgan fingerprint density at radius 3 is 2.94 bits per heavy atom. The summed E-state index contributed by atoms with van der Waals surface area (Å²) in [6.07, 6.45) is 10.3. The summed E-state index contributed by atoms with van der Waals surface area (Å²) in [4.78, 5) is 11.5. The van der Waals surface area contributed by atoms with Crippen molar-refractivity contribution in [2.75, 3.05) is 18.0 Å². The lowest BCUT2D eigenvalue weighted by molar-refractivity contribution is 0.665. The summed E-state index contributed by atoms with van der Waals surface area (Å²) in [6, 6.07) is 0.479. The first-order chi connectivity index (χ1) is 8.90. The van der Waals surface area contributed by atoms with Crippen molar-refractivity contribution in [1.29, 1.82) is 0 Å². The first kappa shape index (κ1) is 11.9. The molecule has 0 radical (unpaired) electrons. The molecular formula is C14H22N4. The van der Waals surface area contributed by atoms with Crippen molar-refractivity contribution in [2.24, 2.45) is 5.73 Å². The lowest BCUT2D eigenvalue weighted by Crippen LogP contribution is -2.36. The van der Waals surface area contributed by atoms with Crippen molar-refractivity contribution >= 4 is 5.82 Å². The average Bonchev–Trinajstić information content (AvgIpc) is 2.74. The van der Waals surface area contributed by atoms with Gasteiger partial charge < -0.3 is 10.6 Å². The molecule has 4 heteroatoms. The summed E-state index contributed by atoms with van der Waals surface area (Å²) in [7, 11) is 0. The van der Waals surface area contributed by atoms with Crippen LogP contribution >= 0.6 is 0 Å². The van der Waals surface area contributed by atoms with Gasteiger partial charge in [-0.25, -0.2) is 9.97 Å². The molecule has 1 aromatic rings. The van der Waals surface area contributed by atoms with E-state index in [0.29, 0.717) is 6.04 Å². The molecule has 0 aromatic carbocycles. The third-order valence-corrected chi connectivity index (χ3v) is 4.27. The molecule has 1 saturated heterocycles. The zero-order valence-electron chi connectivity index (χ0n) is 10.9. The van der Waals surface area contributed by atoms with Crippen molar-refractivity contribution in [1.82, 2.24) is 9.97 Å². The predicted octanol–water partition coefficient (Wildman–Crippen LogP) is 1.67. The molecule has 1 aromatic heterocycles. The maximum atomic E-state index is 5.88. The van der Waals surface area contributed by atoms with E-state index in [9.17, 15) is 0 Å². The van der Waals surface area contributed by atoms with E-state index in [4.69, 9.17) is 5.73 Å². The first-order valence-electron chi connectivity index (χ1n) is 7.19. The molecule has 1 unspecified atom stereocenters. The SMILES string of the molecule is NCC1CCCN1c1ncnc2c1CCCCC2. The lowest BCUT2D eigenvalue weighted by atomic mass is 10.1. The van der Waals surface area contributed by atoms with Gasteiger partial charge in [0.15, 0.2) is 0 Å². The molecule has 98 valence electrons. The Labute approximate surface area is 109 Å². The smallest absolute Gasteiger partial charge is 0.135 e. The average molecular weight is 246 g/mol. The predicted molar refractivity (Wildman–Crippen MR) is 72.7 cm³/mol. The monoisotopic (exact) mass is 246 g/mol. The van der Waals surface area contributed by atoms with Gasteiger partial charge in [0.05, 0.1) is 0 Å². The number of nitrogens with zero attached hydrogens (tertiary/aromatic N) is 3. The van der Waals surface area contributed by atoms with Gasteiger partial charge in [-0.2, -0.15) is 0 Å². The van der Waals surface area contributed by atoms with E-state index in [-0.39, 0.29) is 0 Å². The van der Waals surface area contributed by atoms with Crippen LogP contribution in [0.4, 0.5) is 5.82 Å². The molecule has 4 nitrogen and oxygen atoms in total. The minimum absolute atomic E-state index is 0.479. The second-order valence-electron chi connectivity index (χ2n) is 5.41. The molecule has 1 aliphatic heterocycles. The molecule has 1 aliphatic carbocycles. The summed E-state index contributed by atoms with van der Waals surface area (Å²) in [5, 5.41) is 0. The number of aryl methyl sites for hydroxylation is 1. The zero-order chi connectivity index (χ0) is 12.4. The Morgan fingerprint density at radius 1 is 1.17 bits per heavy atom. The van der Waals surface area contributed by atoms with E-state index in [1.807, 2.05) is 0 Å². The van der Waals surface area contributed by atoms with Crippen LogP contribution in [0.2, 0.25) is 0 Å². The molecule has 18 heavy (non-hydrogen) atoms. The Morgan fingerprint density at radius 2 is 2.06 bits per heavy atom. The standard InChI is InChI=1S/C14H22N4/c15-9-11-5-4-8-18(11)14-12-6-2-1-3-7-13(12)16-10-17-14/h10-11H,1-9,15H2. The van der Waals surface area contributed by atoms with Crippen molar-refractivity contribution in [3.8, 4) is 0 Å². The fourth-order valence-electron chi connectivity index (χ4n) is 3.29. The normalized spacial score (nSPS) is 23.8. The number of nitrogens with two attached hydrogens (primary N) is 1. The largest absolute Gasteiger partial charge is 0.352 e. The molecule has 0 amide bonds. The quantitative estimate of drug-likeness (QED) is 0.807. The Balaban J connectivity index is 1.96. The van der Waals surface area contributed by atoms with Gasteiger partial charge in [-0.3, -0.25) is 0 Å². The number of rotatable bonds is 2. The van der Waals surface area contributed by atoms with E-state index in [1.165, 1.54) is 49.2 Å². The number of fused-ring (bicyclic) bond motifs is 1. The molecule has 1 fully saturated rings. The van der Waals surface area contributed by atoms with Crippen LogP contribution in [0.3, 0.4) is 0 Å². The van der Waals surface area contributed by atoms with Crippen LogP contribution in [-0.4, -0.2) is 29.1 Å². The first-order valence-corrected chi connectivity index (χ1v) is 7.19. The maximum absolute atomic E-state index is 5.88. The Hall–Kier alpha value is -1.16. The second-order valence-corrected chi connectivity index (χ2v) is 5.41. The third-order valence-electron chi connectivity index (χ3n) is 4.27. The maximum Gasteiger partial charge on any atom is 0.135 e. The third kappa shape index (κ3) is 2.09.